The van der Waals surface area contributed by atoms with Gasteiger partial charge in [0.05, 0.1) is 31.0 Å². The summed E-state index contributed by atoms with van der Waals surface area (Å²) in [6.45, 7) is 0.809. The fraction of sp³-hybridized carbons (Fsp3) is 0.316. The quantitative estimate of drug-likeness (QED) is 0.944. The molecule has 23 heavy (non-hydrogen) atoms. The molecule has 0 saturated heterocycles. The minimum Gasteiger partial charge on any atom is -0.496 e. The topological polar surface area (TPSA) is 45.1 Å². The molecule has 1 atom stereocenters. The van der Waals surface area contributed by atoms with Crippen molar-refractivity contribution >= 4 is 11.4 Å². The van der Waals surface area contributed by atoms with E-state index in [4.69, 9.17) is 9.73 Å². The summed E-state index contributed by atoms with van der Waals surface area (Å²) in [6.07, 6.45) is 0.693. The molecular formula is C19H22N2O2. The maximum atomic E-state index is 9.36. The Morgan fingerprint density at radius 2 is 1.96 bits per heavy atom. The second-order valence-corrected chi connectivity index (χ2v) is 5.69. The van der Waals surface area contributed by atoms with Gasteiger partial charge in [0.1, 0.15) is 5.75 Å². The van der Waals surface area contributed by atoms with Crippen LogP contribution in [-0.4, -0.2) is 44.2 Å². The maximum Gasteiger partial charge on any atom is 0.130 e. The number of benzodiazepines with no additional fused rings is 1. The Bertz CT molecular complexity index is 698. The van der Waals surface area contributed by atoms with Crippen LogP contribution in [0.4, 0.5) is 5.69 Å². The summed E-state index contributed by atoms with van der Waals surface area (Å²) >= 11 is 0. The minimum atomic E-state index is 0.157. The smallest absolute Gasteiger partial charge is 0.130 e. The summed E-state index contributed by atoms with van der Waals surface area (Å²) in [5, 5.41) is 9.36. The SMILES string of the molecule is COc1cccc2c1C(c1ccccc1)=NCC(CCO)N2C. The Morgan fingerprint density at radius 3 is 2.65 bits per heavy atom. The predicted molar refractivity (Wildman–Crippen MR) is 93.8 cm³/mol. The number of hydrogen-bond donors (Lipinski definition) is 1. The average Bonchev–Trinajstić information content (AvgIpc) is 2.74. The summed E-state index contributed by atoms with van der Waals surface area (Å²) in [7, 11) is 3.75. The van der Waals surface area contributed by atoms with Crippen LogP contribution in [0.1, 0.15) is 17.5 Å². The molecule has 0 bridgehead atoms. The molecule has 0 spiro atoms. The standard InChI is InChI=1S/C19H22N2O2/c1-21-15(11-12-22)13-20-19(14-7-4-3-5-8-14)18-16(21)9-6-10-17(18)23-2/h3-10,15,22H,11-13H2,1-2H3. The number of rotatable bonds is 4. The fourth-order valence-corrected chi connectivity index (χ4v) is 3.08. The molecule has 1 unspecified atom stereocenters. The van der Waals surface area contributed by atoms with E-state index in [1.54, 1.807) is 7.11 Å². The molecule has 2 aromatic carbocycles. The van der Waals surface area contributed by atoms with Crippen molar-refractivity contribution in [1.82, 2.24) is 0 Å². The van der Waals surface area contributed by atoms with Crippen molar-refractivity contribution in [2.75, 3.05) is 32.2 Å². The van der Waals surface area contributed by atoms with E-state index in [1.165, 1.54) is 0 Å². The van der Waals surface area contributed by atoms with Crippen LogP contribution >= 0.6 is 0 Å². The van der Waals surface area contributed by atoms with Crippen molar-refractivity contribution in [3.05, 3.63) is 59.7 Å². The van der Waals surface area contributed by atoms with Crippen LogP contribution in [0, 0.1) is 0 Å². The summed E-state index contributed by atoms with van der Waals surface area (Å²) in [4.78, 5) is 7.08. The minimum absolute atomic E-state index is 0.157. The first-order valence-electron chi connectivity index (χ1n) is 7.87. The molecule has 0 radical (unpaired) electrons. The van der Waals surface area contributed by atoms with Gasteiger partial charge in [-0.25, -0.2) is 0 Å². The highest BCUT2D eigenvalue weighted by molar-refractivity contribution is 6.18. The highest BCUT2D eigenvalue weighted by Gasteiger charge is 2.26. The van der Waals surface area contributed by atoms with E-state index >= 15 is 0 Å². The van der Waals surface area contributed by atoms with Crippen molar-refractivity contribution in [2.45, 2.75) is 12.5 Å². The molecule has 0 fully saturated rings. The van der Waals surface area contributed by atoms with Gasteiger partial charge in [-0.15, -0.1) is 0 Å². The molecule has 1 aliphatic heterocycles. The molecule has 4 nitrogen and oxygen atoms in total. The molecule has 1 heterocycles. The van der Waals surface area contributed by atoms with E-state index in [0.29, 0.717) is 13.0 Å². The number of nitrogens with zero attached hydrogens (tertiary/aromatic N) is 2. The Labute approximate surface area is 137 Å². The van der Waals surface area contributed by atoms with Crippen molar-refractivity contribution in [2.24, 2.45) is 4.99 Å². The monoisotopic (exact) mass is 310 g/mol. The zero-order chi connectivity index (χ0) is 16.2. The molecule has 0 aromatic heterocycles. The lowest BCUT2D eigenvalue weighted by Gasteiger charge is -2.28. The van der Waals surface area contributed by atoms with Crippen LogP contribution in [0.3, 0.4) is 0 Å². The van der Waals surface area contributed by atoms with Crippen molar-refractivity contribution < 1.29 is 9.84 Å². The first kappa shape index (κ1) is 15.6. The van der Waals surface area contributed by atoms with E-state index in [1.807, 2.05) is 30.3 Å². The van der Waals surface area contributed by atoms with E-state index < -0.39 is 0 Å². The molecule has 4 heteroatoms. The number of ether oxygens (including phenoxy) is 1. The lowest BCUT2D eigenvalue weighted by molar-refractivity contribution is 0.275. The molecule has 0 saturated carbocycles. The van der Waals surface area contributed by atoms with Gasteiger partial charge in [-0.2, -0.15) is 0 Å². The Hall–Kier alpha value is -2.33. The van der Waals surface area contributed by atoms with Gasteiger partial charge in [0.15, 0.2) is 0 Å². The zero-order valence-corrected chi connectivity index (χ0v) is 13.6. The number of benzene rings is 2. The normalized spacial score (nSPS) is 17.3. The highest BCUT2D eigenvalue weighted by Crippen LogP contribution is 2.34. The number of likely N-dealkylation sites (N-methyl/N-ethyl adjacent to an activating group) is 1. The van der Waals surface area contributed by atoms with Gasteiger partial charge < -0.3 is 14.7 Å². The molecule has 1 aliphatic rings. The van der Waals surface area contributed by atoms with Crippen LogP contribution in [0.25, 0.3) is 0 Å². The summed E-state index contributed by atoms with van der Waals surface area (Å²) < 4.78 is 5.61. The second kappa shape index (κ2) is 6.84. The van der Waals surface area contributed by atoms with Gasteiger partial charge in [-0.3, -0.25) is 4.99 Å². The highest BCUT2D eigenvalue weighted by atomic mass is 16.5. The van der Waals surface area contributed by atoms with E-state index in [9.17, 15) is 5.11 Å². The third-order valence-corrected chi connectivity index (χ3v) is 4.36. The number of methoxy groups -OCH3 is 1. The summed E-state index contributed by atoms with van der Waals surface area (Å²) in [5.41, 5.74) is 4.13. The van der Waals surface area contributed by atoms with Crippen LogP contribution in [0.5, 0.6) is 5.75 Å². The van der Waals surface area contributed by atoms with Crippen LogP contribution in [-0.2, 0) is 0 Å². The van der Waals surface area contributed by atoms with E-state index in [0.717, 1.165) is 28.3 Å². The third kappa shape index (κ3) is 2.94. The number of aliphatic imine (C=N–C) groups is 1. The third-order valence-electron chi connectivity index (χ3n) is 4.36. The largest absolute Gasteiger partial charge is 0.496 e. The molecule has 3 rings (SSSR count). The number of aliphatic hydroxyl groups excluding tert-OH is 1. The Kier molecular flexibility index (Phi) is 4.63. The molecular weight excluding hydrogens is 288 g/mol. The van der Waals surface area contributed by atoms with Crippen LogP contribution in [0.15, 0.2) is 53.5 Å². The molecule has 2 aromatic rings. The lowest BCUT2D eigenvalue weighted by atomic mass is 9.99. The van der Waals surface area contributed by atoms with Gasteiger partial charge in [-0.1, -0.05) is 36.4 Å². The Balaban J connectivity index is 2.19. The number of aliphatic hydroxyl groups is 1. The molecule has 1 N–H and O–H groups in total. The van der Waals surface area contributed by atoms with Gasteiger partial charge in [0.25, 0.3) is 0 Å². The van der Waals surface area contributed by atoms with Crippen LogP contribution < -0.4 is 9.64 Å². The van der Waals surface area contributed by atoms with Crippen molar-refractivity contribution in [3.8, 4) is 5.75 Å². The van der Waals surface area contributed by atoms with Gasteiger partial charge >= 0.3 is 0 Å². The van der Waals surface area contributed by atoms with E-state index in [2.05, 4.69) is 30.1 Å². The number of fused-ring (bicyclic) bond motifs is 1. The van der Waals surface area contributed by atoms with Crippen LogP contribution in [0.2, 0.25) is 0 Å². The van der Waals surface area contributed by atoms with Gasteiger partial charge in [0.2, 0.25) is 0 Å². The molecule has 0 amide bonds. The first-order chi connectivity index (χ1) is 11.3. The lowest BCUT2D eigenvalue weighted by Crippen LogP contribution is -2.34. The molecule has 120 valence electrons. The van der Waals surface area contributed by atoms with Gasteiger partial charge in [0, 0.05) is 24.9 Å². The maximum absolute atomic E-state index is 9.36. The van der Waals surface area contributed by atoms with Gasteiger partial charge in [-0.05, 0) is 18.6 Å². The number of hydrogen-bond acceptors (Lipinski definition) is 4. The second-order valence-electron chi connectivity index (χ2n) is 5.69. The summed E-state index contributed by atoms with van der Waals surface area (Å²) in [5.74, 6) is 0.821. The zero-order valence-electron chi connectivity index (χ0n) is 13.6. The average molecular weight is 310 g/mol. The first-order valence-corrected chi connectivity index (χ1v) is 7.87. The summed E-state index contributed by atoms with van der Waals surface area (Å²) in [6, 6.07) is 16.4. The Morgan fingerprint density at radius 1 is 1.17 bits per heavy atom. The molecule has 0 aliphatic carbocycles. The van der Waals surface area contributed by atoms with Crippen molar-refractivity contribution in [1.29, 1.82) is 0 Å². The van der Waals surface area contributed by atoms with Crippen molar-refractivity contribution in [3.63, 3.8) is 0 Å². The fourth-order valence-electron chi connectivity index (χ4n) is 3.08. The van der Waals surface area contributed by atoms with E-state index in [-0.39, 0.29) is 12.6 Å². The predicted octanol–water partition coefficient (Wildman–Crippen LogP) is 2.73. The number of anilines is 1.